The summed E-state index contributed by atoms with van der Waals surface area (Å²) in [6.07, 6.45) is 0. The molecular weight excluding hydrogens is 613 g/mol. The van der Waals surface area contributed by atoms with E-state index in [2.05, 4.69) is 173 Å². The summed E-state index contributed by atoms with van der Waals surface area (Å²) < 4.78 is -0.00204. The quantitative estimate of drug-likeness (QED) is 0.177. The third kappa shape index (κ3) is 4.95. The van der Waals surface area contributed by atoms with Gasteiger partial charge in [0.2, 0.25) is 0 Å². The molecule has 49 heavy (non-hydrogen) atoms. The zero-order valence-electron chi connectivity index (χ0n) is 28.2. The largest absolute Gasteiger partial charge is 0.269 e. The van der Waals surface area contributed by atoms with Crippen LogP contribution in [0.4, 0.5) is 0 Å². The van der Waals surface area contributed by atoms with Crippen molar-refractivity contribution in [2.45, 2.75) is 38.0 Å². The Morgan fingerprint density at radius 1 is 0.429 bits per heavy atom. The highest BCUT2D eigenvalue weighted by atomic mass is 32.2. The number of thioether (sulfide) groups is 1. The summed E-state index contributed by atoms with van der Waals surface area (Å²) in [4.78, 5) is 10.4. The highest BCUT2D eigenvalue weighted by Gasteiger charge is 2.44. The zero-order valence-corrected chi connectivity index (χ0v) is 29.0. The van der Waals surface area contributed by atoms with Gasteiger partial charge in [-0.1, -0.05) is 127 Å². The number of nitrogens with zero attached hydrogens (tertiary/aromatic N) is 2. The average molecular weight is 649 g/mol. The van der Waals surface area contributed by atoms with Crippen LogP contribution in [-0.4, -0.2) is 20.3 Å². The van der Waals surface area contributed by atoms with Gasteiger partial charge in [0, 0.05) is 10.3 Å². The number of benzene rings is 7. The van der Waals surface area contributed by atoms with E-state index in [1.807, 2.05) is 11.8 Å². The fourth-order valence-electron chi connectivity index (χ4n) is 7.25. The first kappa shape index (κ1) is 29.9. The van der Waals surface area contributed by atoms with Gasteiger partial charge in [0.05, 0.1) is 16.9 Å². The molecule has 0 bridgehead atoms. The van der Waals surface area contributed by atoms with E-state index in [0.717, 1.165) is 22.0 Å². The molecule has 0 unspecified atom stereocenters. The Kier molecular flexibility index (Phi) is 6.79. The maximum atomic E-state index is 5.23. The normalized spacial score (nSPS) is 15.3. The number of hydrogen-bond acceptors (Lipinski definition) is 3. The lowest BCUT2D eigenvalue weighted by Gasteiger charge is -2.30. The lowest BCUT2D eigenvalue weighted by molar-refractivity contribution is 0.426. The minimum atomic E-state index is -0.164. The van der Waals surface area contributed by atoms with Crippen LogP contribution in [0, 0.1) is 0 Å². The van der Waals surface area contributed by atoms with Crippen LogP contribution < -0.4 is 0 Å². The van der Waals surface area contributed by atoms with Gasteiger partial charge < -0.3 is 0 Å². The van der Waals surface area contributed by atoms with Crippen molar-refractivity contribution in [1.29, 1.82) is 0 Å². The van der Waals surface area contributed by atoms with Crippen LogP contribution in [0.2, 0.25) is 0 Å². The minimum Gasteiger partial charge on any atom is -0.269 e. The van der Waals surface area contributed by atoms with Crippen LogP contribution in [0.15, 0.2) is 151 Å². The summed E-state index contributed by atoms with van der Waals surface area (Å²) >= 11 is 1.82. The SMILES string of the molecule is CC1(C)N=C(c2cccc(-c3ccc4c(-c5ccc6ccccc6c5)c5ccccc5c(-c5ccc6ccccc6c5)c4c3)n2)SC1(C)C. The summed E-state index contributed by atoms with van der Waals surface area (Å²) in [6, 6.07) is 53.2. The topological polar surface area (TPSA) is 25.2 Å². The molecule has 0 amide bonds. The molecule has 1 aliphatic rings. The predicted octanol–water partition coefficient (Wildman–Crippen LogP) is 12.7. The molecule has 0 radical (unpaired) electrons. The standard InChI is InChI=1S/C46H36N2S/c1-45(2)46(3,4)49-44(48-45)41-19-11-18-40(47-41)33-24-25-38-39(28-33)43(35-23-21-30-13-6-8-15-32(30)27-35)37-17-10-9-16-36(37)42(38)34-22-20-29-12-5-7-14-31(29)26-34/h5-28H,1-4H3. The maximum Gasteiger partial charge on any atom is 0.117 e. The highest BCUT2D eigenvalue weighted by Crippen LogP contribution is 2.47. The fraction of sp³-hybridized carbons (Fsp3) is 0.130. The summed E-state index contributed by atoms with van der Waals surface area (Å²) in [7, 11) is 0. The Hall–Kier alpha value is -5.25. The van der Waals surface area contributed by atoms with Gasteiger partial charge in [0.25, 0.3) is 0 Å². The second kappa shape index (κ2) is 11.1. The van der Waals surface area contributed by atoms with E-state index in [0.29, 0.717) is 0 Å². The molecule has 1 aromatic heterocycles. The molecule has 1 aliphatic heterocycles. The van der Waals surface area contributed by atoms with Gasteiger partial charge in [-0.15, -0.1) is 0 Å². The molecule has 2 heterocycles. The van der Waals surface area contributed by atoms with E-state index in [9.17, 15) is 0 Å². The molecule has 0 spiro atoms. The predicted molar refractivity (Wildman–Crippen MR) is 213 cm³/mol. The van der Waals surface area contributed by atoms with E-state index in [4.69, 9.17) is 9.98 Å². The van der Waals surface area contributed by atoms with Crippen molar-refractivity contribution in [3.05, 3.63) is 151 Å². The van der Waals surface area contributed by atoms with Crippen molar-refractivity contribution in [3.8, 4) is 33.5 Å². The average Bonchev–Trinajstić information content (AvgIpc) is 3.35. The van der Waals surface area contributed by atoms with Crippen LogP contribution in [0.25, 0.3) is 76.6 Å². The molecule has 3 heteroatoms. The van der Waals surface area contributed by atoms with Crippen molar-refractivity contribution in [2.75, 3.05) is 0 Å². The Labute approximate surface area is 291 Å². The molecule has 9 rings (SSSR count). The number of hydrogen-bond donors (Lipinski definition) is 0. The molecule has 236 valence electrons. The fourth-order valence-corrected chi connectivity index (χ4v) is 8.52. The number of fused-ring (bicyclic) bond motifs is 4. The monoisotopic (exact) mass is 648 g/mol. The molecule has 8 aromatic rings. The molecule has 0 aliphatic carbocycles. The first-order valence-electron chi connectivity index (χ1n) is 17.0. The molecule has 0 atom stereocenters. The number of aliphatic imine (C=N–C) groups is 1. The molecule has 7 aromatic carbocycles. The van der Waals surface area contributed by atoms with Gasteiger partial charge in [0.1, 0.15) is 5.04 Å². The Morgan fingerprint density at radius 3 is 1.53 bits per heavy atom. The summed E-state index contributed by atoms with van der Waals surface area (Å²) in [5.74, 6) is 0. The number of rotatable bonds is 4. The Balaban J connectivity index is 1.32. The molecule has 0 N–H and O–H groups in total. The minimum absolute atomic E-state index is 0.00204. The lowest BCUT2D eigenvalue weighted by atomic mass is 9.84. The summed E-state index contributed by atoms with van der Waals surface area (Å²) in [5, 5.41) is 10.9. The smallest absolute Gasteiger partial charge is 0.117 e. The Morgan fingerprint density at radius 2 is 0.939 bits per heavy atom. The highest BCUT2D eigenvalue weighted by molar-refractivity contribution is 8.15. The summed E-state index contributed by atoms with van der Waals surface area (Å²) in [5.41, 5.74) is 7.76. The first-order valence-corrected chi connectivity index (χ1v) is 17.8. The van der Waals surface area contributed by atoms with Crippen LogP contribution in [-0.2, 0) is 0 Å². The Bertz CT molecular complexity index is 2650. The third-order valence-electron chi connectivity index (χ3n) is 10.6. The van der Waals surface area contributed by atoms with Crippen molar-refractivity contribution in [2.24, 2.45) is 4.99 Å². The second-order valence-electron chi connectivity index (χ2n) is 14.2. The zero-order chi connectivity index (χ0) is 33.3. The van der Waals surface area contributed by atoms with Gasteiger partial charge in [-0.2, -0.15) is 0 Å². The molecular formula is C46H36N2S. The van der Waals surface area contributed by atoms with Crippen LogP contribution in [0.3, 0.4) is 0 Å². The maximum absolute atomic E-state index is 5.23. The van der Waals surface area contributed by atoms with Gasteiger partial charge in [0.15, 0.2) is 0 Å². The lowest BCUT2D eigenvalue weighted by Crippen LogP contribution is -2.36. The van der Waals surface area contributed by atoms with Crippen LogP contribution in [0.1, 0.15) is 33.4 Å². The second-order valence-corrected chi connectivity index (χ2v) is 15.8. The van der Waals surface area contributed by atoms with E-state index >= 15 is 0 Å². The van der Waals surface area contributed by atoms with E-state index in [1.165, 1.54) is 65.3 Å². The molecule has 0 fully saturated rings. The van der Waals surface area contributed by atoms with E-state index < -0.39 is 0 Å². The van der Waals surface area contributed by atoms with Gasteiger partial charge >= 0.3 is 0 Å². The van der Waals surface area contributed by atoms with Crippen molar-refractivity contribution in [1.82, 2.24) is 4.98 Å². The van der Waals surface area contributed by atoms with E-state index in [-0.39, 0.29) is 10.3 Å². The summed E-state index contributed by atoms with van der Waals surface area (Å²) in [6.45, 7) is 8.97. The first-order chi connectivity index (χ1) is 23.8. The van der Waals surface area contributed by atoms with E-state index in [1.54, 1.807) is 0 Å². The van der Waals surface area contributed by atoms with Crippen molar-refractivity contribution < 1.29 is 0 Å². The molecule has 0 saturated heterocycles. The van der Waals surface area contributed by atoms with Crippen LogP contribution in [0.5, 0.6) is 0 Å². The number of aromatic nitrogens is 1. The third-order valence-corrected chi connectivity index (χ3v) is 12.1. The van der Waals surface area contributed by atoms with Gasteiger partial charge in [-0.25, -0.2) is 4.98 Å². The molecule has 2 nitrogen and oxygen atoms in total. The van der Waals surface area contributed by atoms with Crippen molar-refractivity contribution in [3.63, 3.8) is 0 Å². The van der Waals surface area contributed by atoms with Crippen LogP contribution >= 0.6 is 11.8 Å². The van der Waals surface area contributed by atoms with Gasteiger partial charge in [-0.05, 0) is 123 Å². The van der Waals surface area contributed by atoms with Crippen molar-refractivity contribution >= 4 is 59.9 Å². The number of pyridine rings is 1. The molecule has 0 saturated carbocycles. The van der Waals surface area contributed by atoms with Gasteiger partial charge in [-0.3, -0.25) is 4.99 Å².